The first-order valence-corrected chi connectivity index (χ1v) is 9.42. The average Bonchev–Trinajstić information content (AvgIpc) is 3.20. The number of nitrogens with one attached hydrogen (secondary N) is 2. The number of aryl methyl sites for hydroxylation is 1. The van der Waals surface area contributed by atoms with Crippen molar-refractivity contribution in [3.05, 3.63) is 72.3 Å². The number of aromatic nitrogens is 3. The number of benzene rings is 2. The monoisotopic (exact) mass is 506 g/mol. The van der Waals surface area contributed by atoms with Gasteiger partial charge in [0.2, 0.25) is 0 Å². The van der Waals surface area contributed by atoms with Gasteiger partial charge in [0.25, 0.3) is 0 Å². The van der Waals surface area contributed by atoms with Crippen LogP contribution in [0, 0.1) is 0 Å². The van der Waals surface area contributed by atoms with Crippen molar-refractivity contribution in [2.24, 2.45) is 4.99 Å². The Hall–Kier alpha value is -2.62. The Morgan fingerprint density at radius 1 is 1.07 bits per heavy atom. The zero-order chi connectivity index (χ0) is 19.6. The molecule has 0 saturated heterocycles. The summed E-state index contributed by atoms with van der Waals surface area (Å²) < 4.78 is 8.06. The molecule has 29 heavy (non-hydrogen) atoms. The van der Waals surface area contributed by atoms with Crippen LogP contribution in [0.2, 0.25) is 0 Å². The van der Waals surface area contributed by atoms with Crippen molar-refractivity contribution in [2.45, 2.75) is 26.4 Å². The van der Waals surface area contributed by atoms with Crippen LogP contribution in [0.25, 0.3) is 0 Å². The summed E-state index contributed by atoms with van der Waals surface area (Å²) in [6.45, 7) is 4.19. The Morgan fingerprint density at radius 2 is 1.83 bits per heavy atom. The molecule has 3 aromatic rings. The Morgan fingerprint density at radius 3 is 2.59 bits per heavy atom. The van der Waals surface area contributed by atoms with Crippen LogP contribution in [0.5, 0.6) is 11.5 Å². The number of para-hydroxylation sites is 2. The van der Waals surface area contributed by atoms with E-state index in [-0.39, 0.29) is 24.0 Å². The number of rotatable bonds is 8. The van der Waals surface area contributed by atoms with Crippen LogP contribution in [0.4, 0.5) is 0 Å². The summed E-state index contributed by atoms with van der Waals surface area (Å²) in [6.07, 6.45) is 2.62. The van der Waals surface area contributed by atoms with Crippen LogP contribution in [0.1, 0.15) is 18.3 Å². The standard InChI is InChI=1S/C21H26N6O.HI/c1-3-20-26-25-16-27(20)14-13-23-21(22-2)24-15-17-9-7-8-12-19(17)28-18-10-5-4-6-11-18;/h4-12,16H,3,13-15H2,1-2H3,(H2,22,23,24);1H. The number of aliphatic imine (C=N–C) groups is 1. The van der Waals surface area contributed by atoms with Gasteiger partial charge in [-0.25, -0.2) is 0 Å². The normalized spacial score (nSPS) is 10.9. The fraction of sp³-hybridized carbons (Fsp3) is 0.286. The third-order valence-corrected chi connectivity index (χ3v) is 4.27. The molecule has 0 aliphatic carbocycles. The zero-order valence-electron chi connectivity index (χ0n) is 16.7. The van der Waals surface area contributed by atoms with E-state index in [1.807, 2.05) is 59.2 Å². The number of halogens is 1. The van der Waals surface area contributed by atoms with Gasteiger partial charge in [0.15, 0.2) is 5.96 Å². The van der Waals surface area contributed by atoms with Crippen molar-refractivity contribution in [1.29, 1.82) is 0 Å². The molecule has 1 heterocycles. The van der Waals surface area contributed by atoms with Gasteiger partial charge >= 0.3 is 0 Å². The van der Waals surface area contributed by atoms with Crippen molar-refractivity contribution < 1.29 is 4.74 Å². The van der Waals surface area contributed by atoms with Crippen LogP contribution in [0.15, 0.2) is 65.9 Å². The van der Waals surface area contributed by atoms with Gasteiger partial charge in [0.05, 0.1) is 0 Å². The first-order valence-electron chi connectivity index (χ1n) is 9.42. The molecule has 2 aromatic carbocycles. The first kappa shape index (κ1) is 22.7. The van der Waals surface area contributed by atoms with Gasteiger partial charge in [-0.2, -0.15) is 0 Å². The van der Waals surface area contributed by atoms with Crippen LogP contribution >= 0.6 is 24.0 Å². The zero-order valence-corrected chi connectivity index (χ0v) is 19.0. The Labute approximate surface area is 188 Å². The van der Waals surface area contributed by atoms with E-state index in [0.29, 0.717) is 6.54 Å². The van der Waals surface area contributed by atoms with Crippen LogP contribution < -0.4 is 15.4 Å². The Bertz CT molecular complexity index is 897. The summed E-state index contributed by atoms with van der Waals surface area (Å²) in [4.78, 5) is 4.29. The van der Waals surface area contributed by atoms with Crippen molar-refractivity contribution in [2.75, 3.05) is 13.6 Å². The van der Waals surface area contributed by atoms with E-state index in [9.17, 15) is 0 Å². The minimum Gasteiger partial charge on any atom is -0.457 e. The lowest BCUT2D eigenvalue weighted by Crippen LogP contribution is -2.38. The molecular weight excluding hydrogens is 479 g/mol. The molecule has 0 saturated carbocycles. The second-order valence-electron chi connectivity index (χ2n) is 6.17. The van der Waals surface area contributed by atoms with Gasteiger partial charge in [0.1, 0.15) is 23.7 Å². The minimum absolute atomic E-state index is 0. The van der Waals surface area contributed by atoms with Crippen molar-refractivity contribution in [3.8, 4) is 11.5 Å². The van der Waals surface area contributed by atoms with Gasteiger partial charge in [-0.3, -0.25) is 4.99 Å². The average molecular weight is 506 g/mol. The molecule has 0 spiro atoms. The van der Waals surface area contributed by atoms with E-state index in [4.69, 9.17) is 4.74 Å². The number of hydrogen-bond donors (Lipinski definition) is 2. The summed E-state index contributed by atoms with van der Waals surface area (Å²) in [5.41, 5.74) is 1.06. The molecule has 2 N–H and O–H groups in total. The van der Waals surface area contributed by atoms with Gasteiger partial charge in [-0.15, -0.1) is 34.2 Å². The maximum Gasteiger partial charge on any atom is 0.191 e. The van der Waals surface area contributed by atoms with Crippen LogP contribution in [0.3, 0.4) is 0 Å². The molecule has 8 heteroatoms. The maximum atomic E-state index is 6.01. The second kappa shape index (κ2) is 12.1. The predicted molar refractivity (Wildman–Crippen MR) is 126 cm³/mol. The molecule has 154 valence electrons. The third kappa shape index (κ3) is 6.74. The topological polar surface area (TPSA) is 76.4 Å². The molecule has 0 aliphatic rings. The molecule has 0 fully saturated rings. The molecule has 3 rings (SSSR count). The highest BCUT2D eigenvalue weighted by Gasteiger charge is 2.06. The summed E-state index contributed by atoms with van der Waals surface area (Å²) in [7, 11) is 1.76. The molecule has 0 aliphatic heterocycles. The highest BCUT2D eigenvalue weighted by atomic mass is 127. The van der Waals surface area contributed by atoms with E-state index in [1.165, 1.54) is 0 Å². The molecule has 7 nitrogen and oxygen atoms in total. The lowest BCUT2D eigenvalue weighted by Gasteiger charge is -2.15. The van der Waals surface area contributed by atoms with Crippen LogP contribution in [-0.4, -0.2) is 34.3 Å². The molecule has 0 radical (unpaired) electrons. The van der Waals surface area contributed by atoms with Crippen molar-refractivity contribution in [1.82, 2.24) is 25.4 Å². The third-order valence-electron chi connectivity index (χ3n) is 4.27. The second-order valence-corrected chi connectivity index (χ2v) is 6.17. The van der Waals surface area contributed by atoms with Crippen LogP contribution in [-0.2, 0) is 19.5 Å². The summed E-state index contributed by atoms with van der Waals surface area (Å²) >= 11 is 0. The molecule has 0 unspecified atom stereocenters. The predicted octanol–water partition coefficient (Wildman–Crippen LogP) is 3.62. The quantitative estimate of drug-likeness (QED) is 0.278. The van der Waals surface area contributed by atoms with Gasteiger partial charge in [-0.1, -0.05) is 43.3 Å². The van der Waals surface area contributed by atoms with Crippen molar-refractivity contribution in [3.63, 3.8) is 0 Å². The number of guanidine groups is 1. The van der Waals surface area contributed by atoms with Gasteiger partial charge in [-0.05, 0) is 18.2 Å². The molecular formula is C21H27IN6O. The number of ether oxygens (including phenoxy) is 1. The molecule has 0 atom stereocenters. The van der Waals surface area contributed by atoms with E-state index in [1.54, 1.807) is 13.4 Å². The summed E-state index contributed by atoms with van der Waals surface area (Å²) in [5.74, 6) is 3.37. The smallest absolute Gasteiger partial charge is 0.191 e. The lowest BCUT2D eigenvalue weighted by molar-refractivity contribution is 0.475. The Kier molecular flexibility index (Phi) is 9.42. The fourth-order valence-electron chi connectivity index (χ4n) is 2.80. The maximum absolute atomic E-state index is 6.01. The summed E-state index contributed by atoms with van der Waals surface area (Å²) in [5, 5.41) is 14.7. The van der Waals surface area contributed by atoms with Crippen molar-refractivity contribution >= 4 is 29.9 Å². The van der Waals surface area contributed by atoms with E-state index < -0.39 is 0 Å². The number of hydrogen-bond acceptors (Lipinski definition) is 4. The van der Waals surface area contributed by atoms with Gasteiger partial charge < -0.3 is 19.9 Å². The fourth-order valence-corrected chi connectivity index (χ4v) is 2.80. The molecule has 0 amide bonds. The van der Waals surface area contributed by atoms with Gasteiger partial charge in [0, 0.05) is 38.7 Å². The van der Waals surface area contributed by atoms with E-state index >= 15 is 0 Å². The highest BCUT2D eigenvalue weighted by Crippen LogP contribution is 2.24. The number of nitrogens with zero attached hydrogens (tertiary/aromatic N) is 4. The SMILES string of the molecule is CCc1nncn1CCNC(=NC)NCc1ccccc1Oc1ccccc1.I. The Balaban J connectivity index is 0.00000300. The first-order chi connectivity index (χ1) is 13.8. The van der Waals surface area contributed by atoms with E-state index in [2.05, 4.69) is 32.7 Å². The largest absolute Gasteiger partial charge is 0.457 e. The lowest BCUT2D eigenvalue weighted by atomic mass is 10.2. The molecule has 0 bridgehead atoms. The highest BCUT2D eigenvalue weighted by molar-refractivity contribution is 14.0. The summed E-state index contributed by atoms with van der Waals surface area (Å²) in [6, 6.07) is 17.8. The minimum atomic E-state index is 0. The molecule has 1 aromatic heterocycles. The van der Waals surface area contributed by atoms with E-state index in [0.717, 1.165) is 48.4 Å².